The molecule has 0 spiro atoms. The first-order valence-electron chi connectivity index (χ1n) is 5.20. The molecular formula is C13H6Cl4N2. The van der Waals surface area contributed by atoms with Gasteiger partial charge in [0, 0.05) is 11.8 Å². The molecule has 19 heavy (non-hydrogen) atoms. The summed E-state index contributed by atoms with van der Waals surface area (Å²) in [5, 5.41) is 10.1. The minimum Gasteiger partial charge on any atom is -0.254 e. The zero-order valence-electron chi connectivity index (χ0n) is 9.42. The molecule has 0 bridgehead atoms. The highest BCUT2D eigenvalue weighted by Crippen LogP contribution is 2.40. The third kappa shape index (κ3) is 2.96. The maximum absolute atomic E-state index is 8.64. The lowest BCUT2D eigenvalue weighted by atomic mass is 10.1. The molecule has 0 N–H and O–H groups in total. The third-order valence-electron chi connectivity index (χ3n) is 2.46. The van der Waals surface area contributed by atoms with Crippen LogP contribution in [0.3, 0.4) is 0 Å². The van der Waals surface area contributed by atoms with Gasteiger partial charge in [0.25, 0.3) is 0 Å². The van der Waals surface area contributed by atoms with Crippen molar-refractivity contribution in [2.75, 3.05) is 0 Å². The fraction of sp³-hybridized carbons (Fsp3) is 0.0769. The van der Waals surface area contributed by atoms with Crippen LogP contribution >= 0.6 is 46.4 Å². The van der Waals surface area contributed by atoms with E-state index < -0.39 is 0 Å². The summed E-state index contributed by atoms with van der Waals surface area (Å²) in [5.74, 6) is 0. The van der Waals surface area contributed by atoms with Crippen LogP contribution in [0.2, 0.25) is 20.1 Å². The molecular weight excluding hydrogens is 326 g/mol. The molecule has 0 unspecified atom stereocenters. The molecule has 2 aromatic rings. The second-order valence-corrected chi connectivity index (χ2v) is 5.33. The fourth-order valence-electron chi connectivity index (χ4n) is 1.59. The standard InChI is InChI=1S/C13H6Cl4N2/c14-8-1-2-9(15)12(17)11(8)13-10(16)5-7(3-4-18)6-19-13/h1-2,5-6H,3H2. The van der Waals surface area contributed by atoms with Crippen molar-refractivity contribution < 1.29 is 0 Å². The van der Waals surface area contributed by atoms with Crippen LogP contribution in [0.5, 0.6) is 0 Å². The quantitative estimate of drug-likeness (QED) is 0.688. The van der Waals surface area contributed by atoms with Crippen molar-refractivity contribution in [3.8, 4) is 17.3 Å². The van der Waals surface area contributed by atoms with Crippen molar-refractivity contribution in [1.82, 2.24) is 4.98 Å². The first-order valence-corrected chi connectivity index (χ1v) is 6.71. The van der Waals surface area contributed by atoms with Gasteiger partial charge in [-0.15, -0.1) is 0 Å². The average Bonchev–Trinajstić information content (AvgIpc) is 2.37. The van der Waals surface area contributed by atoms with Gasteiger partial charge in [0.05, 0.1) is 38.3 Å². The summed E-state index contributed by atoms with van der Waals surface area (Å²) in [5.41, 5.74) is 1.66. The molecule has 2 rings (SSSR count). The molecule has 1 heterocycles. The van der Waals surface area contributed by atoms with Crippen molar-refractivity contribution in [2.45, 2.75) is 6.42 Å². The van der Waals surface area contributed by atoms with Gasteiger partial charge in [0.2, 0.25) is 0 Å². The second kappa shape index (κ2) is 5.98. The predicted octanol–water partition coefficient (Wildman–Crippen LogP) is 5.43. The number of aromatic nitrogens is 1. The molecule has 2 nitrogen and oxygen atoms in total. The summed E-state index contributed by atoms with van der Waals surface area (Å²) in [6.07, 6.45) is 1.81. The van der Waals surface area contributed by atoms with Crippen LogP contribution < -0.4 is 0 Å². The highest BCUT2D eigenvalue weighted by Gasteiger charge is 2.16. The van der Waals surface area contributed by atoms with Gasteiger partial charge in [-0.2, -0.15) is 5.26 Å². The Balaban J connectivity index is 2.60. The lowest BCUT2D eigenvalue weighted by molar-refractivity contribution is 1.19. The highest BCUT2D eigenvalue weighted by atomic mass is 35.5. The van der Waals surface area contributed by atoms with E-state index in [2.05, 4.69) is 4.98 Å². The molecule has 0 aliphatic carbocycles. The van der Waals surface area contributed by atoms with E-state index in [1.165, 1.54) is 0 Å². The molecule has 0 amide bonds. The van der Waals surface area contributed by atoms with E-state index in [0.29, 0.717) is 31.3 Å². The Hall–Kier alpha value is -0.980. The Morgan fingerprint density at radius 3 is 2.37 bits per heavy atom. The molecule has 0 radical (unpaired) electrons. The van der Waals surface area contributed by atoms with Crippen LogP contribution in [0.15, 0.2) is 24.4 Å². The molecule has 0 atom stereocenters. The number of hydrogen-bond acceptors (Lipinski definition) is 2. The molecule has 0 aliphatic rings. The Morgan fingerprint density at radius 2 is 1.74 bits per heavy atom. The van der Waals surface area contributed by atoms with Crippen molar-refractivity contribution in [3.63, 3.8) is 0 Å². The maximum Gasteiger partial charge on any atom is 0.0918 e. The van der Waals surface area contributed by atoms with Gasteiger partial charge in [-0.3, -0.25) is 4.98 Å². The molecule has 6 heteroatoms. The van der Waals surface area contributed by atoms with Crippen molar-refractivity contribution in [1.29, 1.82) is 5.26 Å². The number of nitriles is 1. The monoisotopic (exact) mass is 330 g/mol. The highest BCUT2D eigenvalue weighted by molar-refractivity contribution is 6.46. The smallest absolute Gasteiger partial charge is 0.0918 e. The topological polar surface area (TPSA) is 36.7 Å². The molecule has 96 valence electrons. The lowest BCUT2D eigenvalue weighted by Gasteiger charge is -2.10. The lowest BCUT2D eigenvalue weighted by Crippen LogP contribution is -1.91. The van der Waals surface area contributed by atoms with Crippen LogP contribution in [-0.2, 0) is 6.42 Å². The first kappa shape index (κ1) is 14.4. The summed E-state index contributed by atoms with van der Waals surface area (Å²) in [4.78, 5) is 4.22. The van der Waals surface area contributed by atoms with E-state index in [0.717, 1.165) is 5.56 Å². The van der Waals surface area contributed by atoms with Crippen LogP contribution in [0.25, 0.3) is 11.3 Å². The number of benzene rings is 1. The summed E-state index contributed by atoms with van der Waals surface area (Å²) in [6.45, 7) is 0. The van der Waals surface area contributed by atoms with Crippen molar-refractivity contribution in [3.05, 3.63) is 50.0 Å². The van der Waals surface area contributed by atoms with Gasteiger partial charge < -0.3 is 0 Å². The number of nitrogens with zero attached hydrogens (tertiary/aromatic N) is 2. The number of rotatable bonds is 2. The Bertz CT molecular complexity index is 677. The van der Waals surface area contributed by atoms with Gasteiger partial charge in [0.15, 0.2) is 0 Å². The van der Waals surface area contributed by atoms with Gasteiger partial charge >= 0.3 is 0 Å². The average molecular weight is 332 g/mol. The first-order chi connectivity index (χ1) is 9.04. The molecule has 0 saturated carbocycles. The molecule has 1 aromatic carbocycles. The molecule has 0 aliphatic heterocycles. The van der Waals surface area contributed by atoms with E-state index in [9.17, 15) is 0 Å². The summed E-state index contributed by atoms with van der Waals surface area (Å²) < 4.78 is 0. The van der Waals surface area contributed by atoms with Crippen LogP contribution in [0, 0.1) is 11.3 Å². The van der Waals surface area contributed by atoms with Crippen LogP contribution in [-0.4, -0.2) is 4.98 Å². The van der Waals surface area contributed by atoms with E-state index in [-0.39, 0.29) is 6.42 Å². The van der Waals surface area contributed by atoms with Crippen molar-refractivity contribution in [2.24, 2.45) is 0 Å². The normalized spacial score (nSPS) is 10.3. The van der Waals surface area contributed by atoms with E-state index >= 15 is 0 Å². The number of pyridine rings is 1. The third-order valence-corrected chi connectivity index (χ3v) is 3.87. The minimum absolute atomic E-state index is 0.240. The fourth-order valence-corrected chi connectivity index (χ4v) is 2.58. The second-order valence-electron chi connectivity index (χ2n) is 3.73. The van der Waals surface area contributed by atoms with Crippen LogP contribution in [0.4, 0.5) is 0 Å². The van der Waals surface area contributed by atoms with E-state index in [4.69, 9.17) is 51.7 Å². The summed E-state index contributed by atoms with van der Waals surface area (Å²) in [6, 6.07) is 6.93. The summed E-state index contributed by atoms with van der Waals surface area (Å²) >= 11 is 24.4. The van der Waals surface area contributed by atoms with Gasteiger partial charge in [-0.25, -0.2) is 0 Å². The summed E-state index contributed by atoms with van der Waals surface area (Å²) in [7, 11) is 0. The molecule has 1 aromatic heterocycles. The Kier molecular flexibility index (Phi) is 4.54. The predicted molar refractivity (Wildman–Crippen MR) is 79.0 cm³/mol. The van der Waals surface area contributed by atoms with Gasteiger partial charge in [0.1, 0.15) is 0 Å². The SMILES string of the molecule is N#CCc1cnc(-c2c(Cl)ccc(Cl)c2Cl)c(Cl)c1. The maximum atomic E-state index is 8.64. The minimum atomic E-state index is 0.240. The Morgan fingerprint density at radius 1 is 1.05 bits per heavy atom. The Labute approximate surface area is 130 Å². The van der Waals surface area contributed by atoms with Gasteiger partial charge in [-0.05, 0) is 23.8 Å². The number of halogens is 4. The zero-order chi connectivity index (χ0) is 14.0. The van der Waals surface area contributed by atoms with Crippen LogP contribution in [0.1, 0.15) is 5.56 Å². The van der Waals surface area contributed by atoms with Crippen molar-refractivity contribution >= 4 is 46.4 Å². The largest absolute Gasteiger partial charge is 0.254 e. The van der Waals surface area contributed by atoms with E-state index in [1.807, 2.05) is 6.07 Å². The van der Waals surface area contributed by atoms with Gasteiger partial charge in [-0.1, -0.05) is 46.4 Å². The zero-order valence-corrected chi connectivity index (χ0v) is 12.4. The number of hydrogen-bond donors (Lipinski definition) is 0. The molecule has 0 saturated heterocycles. The molecule has 0 fully saturated rings. The van der Waals surface area contributed by atoms with E-state index in [1.54, 1.807) is 24.4 Å².